The fourth-order valence-electron chi connectivity index (χ4n) is 3.55. The van der Waals surface area contributed by atoms with Crippen molar-refractivity contribution in [3.8, 4) is 5.75 Å². The average molecular weight is 432 g/mol. The second kappa shape index (κ2) is 9.59. The molecule has 1 fully saturated rings. The van der Waals surface area contributed by atoms with Crippen LogP contribution in [0, 0.1) is 6.92 Å². The van der Waals surface area contributed by atoms with Crippen molar-refractivity contribution in [2.75, 3.05) is 40.3 Å². The lowest BCUT2D eigenvalue weighted by Gasteiger charge is -2.34. The lowest BCUT2D eigenvalue weighted by atomic mass is 10.1. The summed E-state index contributed by atoms with van der Waals surface area (Å²) in [6, 6.07) is 13.3. The molecule has 1 aliphatic heterocycles. The molecule has 1 saturated heterocycles. The Hall–Kier alpha value is -2.42. The molecule has 0 aromatic heterocycles. The topological polar surface area (TPSA) is 78.9 Å². The predicted octanol–water partition coefficient (Wildman–Crippen LogP) is 1.67. The first-order chi connectivity index (χ1) is 14.3. The van der Waals surface area contributed by atoms with Crippen molar-refractivity contribution < 1.29 is 17.9 Å². The van der Waals surface area contributed by atoms with Crippen LogP contribution in [0.1, 0.15) is 11.1 Å². The number of piperazine rings is 1. The Morgan fingerprint density at radius 2 is 1.77 bits per heavy atom. The van der Waals surface area contributed by atoms with Crippen molar-refractivity contribution in [2.45, 2.75) is 24.3 Å². The summed E-state index contributed by atoms with van der Waals surface area (Å²) in [6.45, 7) is 4.51. The number of sulfonamides is 1. The standard InChI is InChI=1S/C22H29N3O4S/c1-17-15-19(9-10-21(17)29-3)30(27,28)23-20(16-18-7-5-4-6-8-18)22(26)25-13-11-24(2)12-14-25/h4-10,15,20,23H,11-14,16H2,1-3H3. The molecule has 2 aromatic rings. The van der Waals surface area contributed by atoms with Gasteiger partial charge in [0.1, 0.15) is 11.8 Å². The van der Waals surface area contributed by atoms with Crippen molar-refractivity contribution in [3.05, 3.63) is 59.7 Å². The average Bonchev–Trinajstić information content (AvgIpc) is 2.74. The summed E-state index contributed by atoms with van der Waals surface area (Å²) in [4.78, 5) is 17.3. The van der Waals surface area contributed by atoms with Crippen molar-refractivity contribution >= 4 is 15.9 Å². The maximum absolute atomic E-state index is 13.2. The lowest BCUT2D eigenvalue weighted by molar-refractivity contribution is -0.134. The first kappa shape index (κ1) is 22.3. The van der Waals surface area contributed by atoms with Crippen LogP contribution in [0.2, 0.25) is 0 Å². The van der Waals surface area contributed by atoms with Gasteiger partial charge in [-0.3, -0.25) is 4.79 Å². The Kier molecular flexibility index (Phi) is 7.12. The summed E-state index contributed by atoms with van der Waals surface area (Å²) in [5.41, 5.74) is 1.61. The number of benzene rings is 2. The zero-order valence-electron chi connectivity index (χ0n) is 17.7. The molecule has 30 heavy (non-hydrogen) atoms. The zero-order chi connectivity index (χ0) is 21.7. The highest BCUT2D eigenvalue weighted by atomic mass is 32.2. The van der Waals surface area contributed by atoms with Crippen LogP contribution in [0.3, 0.4) is 0 Å². The number of nitrogens with zero attached hydrogens (tertiary/aromatic N) is 2. The molecule has 0 saturated carbocycles. The van der Waals surface area contributed by atoms with E-state index in [1.54, 1.807) is 31.1 Å². The van der Waals surface area contributed by atoms with Crippen molar-refractivity contribution in [3.63, 3.8) is 0 Å². The van der Waals surface area contributed by atoms with Crippen molar-refractivity contribution in [2.24, 2.45) is 0 Å². The predicted molar refractivity (Wildman–Crippen MR) is 116 cm³/mol. The van der Waals surface area contributed by atoms with Crippen LogP contribution >= 0.6 is 0 Å². The second-order valence-corrected chi connectivity index (χ2v) is 9.34. The molecular weight excluding hydrogens is 402 g/mol. The lowest BCUT2D eigenvalue weighted by Crippen LogP contribution is -2.54. The number of aryl methyl sites for hydroxylation is 1. The molecule has 1 N–H and O–H groups in total. The van der Waals surface area contributed by atoms with Crippen LogP contribution in [-0.4, -0.2) is 70.5 Å². The number of rotatable bonds is 7. The van der Waals surface area contributed by atoms with Gasteiger partial charge in [0.25, 0.3) is 0 Å². The van der Waals surface area contributed by atoms with Gasteiger partial charge in [-0.05, 0) is 49.7 Å². The monoisotopic (exact) mass is 431 g/mol. The van der Waals surface area contributed by atoms with Gasteiger partial charge in [-0.2, -0.15) is 4.72 Å². The van der Waals surface area contributed by atoms with E-state index in [-0.39, 0.29) is 10.8 Å². The maximum atomic E-state index is 13.2. The van der Waals surface area contributed by atoms with E-state index in [1.165, 1.54) is 6.07 Å². The molecule has 1 aliphatic rings. The molecule has 0 radical (unpaired) electrons. The summed E-state index contributed by atoms with van der Waals surface area (Å²) in [5, 5.41) is 0. The number of hydrogen-bond donors (Lipinski definition) is 1. The number of methoxy groups -OCH3 is 1. The summed E-state index contributed by atoms with van der Waals surface area (Å²) in [7, 11) is -0.332. The minimum absolute atomic E-state index is 0.116. The molecule has 1 heterocycles. The van der Waals surface area contributed by atoms with Crippen LogP contribution in [0.25, 0.3) is 0 Å². The molecule has 1 atom stereocenters. The zero-order valence-corrected chi connectivity index (χ0v) is 18.5. The largest absolute Gasteiger partial charge is 0.496 e. The molecule has 1 unspecified atom stereocenters. The van der Waals surface area contributed by atoms with E-state index in [0.717, 1.165) is 18.7 Å². The number of carbonyl (C=O) groups is 1. The summed E-state index contributed by atoms with van der Waals surface area (Å²) in [5.74, 6) is 0.420. The maximum Gasteiger partial charge on any atom is 0.241 e. The summed E-state index contributed by atoms with van der Waals surface area (Å²) < 4.78 is 34.1. The number of likely N-dealkylation sites (N-methyl/N-ethyl adjacent to an activating group) is 1. The van der Waals surface area contributed by atoms with Gasteiger partial charge in [-0.25, -0.2) is 8.42 Å². The van der Waals surface area contributed by atoms with E-state index >= 15 is 0 Å². The highest BCUT2D eigenvalue weighted by Gasteiger charge is 2.31. The molecule has 0 aliphatic carbocycles. The minimum Gasteiger partial charge on any atom is -0.496 e. The molecule has 1 amide bonds. The molecular formula is C22H29N3O4S. The third kappa shape index (κ3) is 5.38. The summed E-state index contributed by atoms with van der Waals surface area (Å²) in [6.07, 6.45) is 0.292. The highest BCUT2D eigenvalue weighted by Crippen LogP contribution is 2.22. The number of ether oxygens (including phenoxy) is 1. The van der Waals surface area contributed by atoms with Gasteiger partial charge in [0, 0.05) is 26.2 Å². The van der Waals surface area contributed by atoms with Gasteiger partial charge in [0.05, 0.1) is 12.0 Å². The van der Waals surface area contributed by atoms with E-state index in [2.05, 4.69) is 9.62 Å². The fraction of sp³-hybridized carbons (Fsp3) is 0.409. The summed E-state index contributed by atoms with van der Waals surface area (Å²) >= 11 is 0. The van der Waals surface area contributed by atoms with E-state index < -0.39 is 16.1 Å². The molecule has 7 nitrogen and oxygen atoms in total. The van der Waals surface area contributed by atoms with E-state index in [1.807, 2.05) is 37.4 Å². The molecule has 0 spiro atoms. The Morgan fingerprint density at radius 3 is 2.37 bits per heavy atom. The van der Waals surface area contributed by atoms with Crippen LogP contribution in [-0.2, 0) is 21.2 Å². The van der Waals surface area contributed by atoms with Gasteiger partial charge >= 0.3 is 0 Å². The van der Waals surface area contributed by atoms with Gasteiger partial charge < -0.3 is 14.5 Å². The van der Waals surface area contributed by atoms with Gasteiger partial charge in [0.15, 0.2) is 0 Å². The quantitative estimate of drug-likeness (QED) is 0.722. The Labute approximate surface area is 178 Å². The van der Waals surface area contributed by atoms with Crippen LogP contribution < -0.4 is 9.46 Å². The van der Waals surface area contributed by atoms with E-state index in [4.69, 9.17) is 4.74 Å². The van der Waals surface area contributed by atoms with Crippen LogP contribution in [0.15, 0.2) is 53.4 Å². The molecule has 162 valence electrons. The Morgan fingerprint density at radius 1 is 1.10 bits per heavy atom. The van der Waals surface area contributed by atoms with Gasteiger partial charge in [0.2, 0.25) is 15.9 Å². The van der Waals surface area contributed by atoms with Crippen LogP contribution in [0.5, 0.6) is 5.75 Å². The third-order valence-corrected chi connectivity index (χ3v) is 6.84. The van der Waals surface area contributed by atoms with Crippen LogP contribution in [0.4, 0.5) is 0 Å². The molecule has 0 bridgehead atoms. The fourth-order valence-corrected chi connectivity index (χ4v) is 4.82. The Balaban J connectivity index is 1.85. The number of carbonyl (C=O) groups excluding carboxylic acids is 1. The van der Waals surface area contributed by atoms with Crippen molar-refractivity contribution in [1.82, 2.24) is 14.5 Å². The first-order valence-electron chi connectivity index (χ1n) is 9.98. The molecule has 2 aromatic carbocycles. The molecule has 8 heteroatoms. The Bertz CT molecular complexity index is 971. The van der Waals surface area contributed by atoms with E-state index in [0.29, 0.717) is 30.8 Å². The number of amides is 1. The van der Waals surface area contributed by atoms with Gasteiger partial charge in [-0.1, -0.05) is 30.3 Å². The number of nitrogens with one attached hydrogen (secondary N) is 1. The smallest absolute Gasteiger partial charge is 0.241 e. The first-order valence-corrected chi connectivity index (χ1v) is 11.5. The minimum atomic E-state index is -3.89. The highest BCUT2D eigenvalue weighted by molar-refractivity contribution is 7.89. The molecule has 3 rings (SSSR count). The van der Waals surface area contributed by atoms with Crippen molar-refractivity contribution in [1.29, 1.82) is 0 Å². The normalized spacial score (nSPS) is 16.3. The third-order valence-electron chi connectivity index (χ3n) is 5.37. The second-order valence-electron chi connectivity index (χ2n) is 7.62. The SMILES string of the molecule is COc1ccc(S(=O)(=O)NC(Cc2ccccc2)C(=O)N2CCN(C)CC2)cc1C. The van der Waals surface area contributed by atoms with Gasteiger partial charge in [-0.15, -0.1) is 0 Å². The van der Waals surface area contributed by atoms with E-state index in [9.17, 15) is 13.2 Å². The number of hydrogen-bond acceptors (Lipinski definition) is 5.